The number of carbonyl (C=O) groups excluding carboxylic acids is 2. The van der Waals surface area contributed by atoms with Crippen molar-refractivity contribution >= 4 is 11.8 Å². The molecule has 0 atom stereocenters. The lowest BCUT2D eigenvalue weighted by Gasteiger charge is -2.19. The van der Waals surface area contributed by atoms with Gasteiger partial charge in [0.25, 0.3) is 0 Å². The van der Waals surface area contributed by atoms with Gasteiger partial charge in [-0.1, -0.05) is 25.1 Å². The molecule has 0 bridgehead atoms. The third-order valence-electron chi connectivity index (χ3n) is 3.42. The average Bonchev–Trinajstić information content (AvgIpc) is 2.53. The van der Waals surface area contributed by atoms with Gasteiger partial charge in [0.15, 0.2) is 5.78 Å². The van der Waals surface area contributed by atoms with Gasteiger partial charge in [0.05, 0.1) is 0 Å². The fourth-order valence-corrected chi connectivity index (χ4v) is 2.33. The van der Waals surface area contributed by atoms with Gasteiger partial charge in [-0.25, -0.2) is 0 Å². The number of carbonyl (C=O) groups is 2. The molecular formula is C20H23NO3. The predicted octanol–water partition coefficient (Wildman–Crippen LogP) is 4.23. The van der Waals surface area contributed by atoms with Crippen LogP contribution in [0.2, 0.25) is 0 Å². The topological polar surface area (TPSA) is 56.3 Å². The van der Waals surface area contributed by atoms with Crippen LogP contribution in [0.5, 0.6) is 0 Å². The van der Waals surface area contributed by atoms with Gasteiger partial charge in [-0.05, 0) is 56.5 Å². The number of nitrogens with zero attached hydrogens (tertiary/aromatic N) is 1. The van der Waals surface area contributed by atoms with Gasteiger partial charge in [-0.2, -0.15) is 0 Å². The zero-order chi connectivity index (χ0) is 17.7. The monoisotopic (exact) mass is 325 g/mol. The molecule has 2 aromatic rings. The Morgan fingerprint density at radius 2 is 1.79 bits per heavy atom. The molecule has 0 saturated heterocycles. The Morgan fingerprint density at radius 3 is 2.46 bits per heavy atom. The molecule has 0 aliphatic rings. The smallest absolute Gasteiger partial charge is 0.314 e. The molecule has 0 aliphatic carbocycles. The molecule has 4 nitrogen and oxygen atoms in total. The van der Waals surface area contributed by atoms with E-state index in [1.54, 1.807) is 33.0 Å². The maximum atomic E-state index is 12.3. The van der Waals surface area contributed by atoms with Crippen LogP contribution >= 0.6 is 0 Å². The van der Waals surface area contributed by atoms with Crippen LogP contribution < -0.4 is 0 Å². The van der Waals surface area contributed by atoms with Crippen molar-refractivity contribution in [3.05, 3.63) is 53.9 Å². The van der Waals surface area contributed by atoms with Crippen LogP contribution in [-0.2, 0) is 16.0 Å². The first-order chi connectivity index (χ1) is 11.3. The minimum Gasteiger partial charge on any atom is -0.460 e. The van der Waals surface area contributed by atoms with E-state index >= 15 is 0 Å². The van der Waals surface area contributed by atoms with Crippen LogP contribution in [0.4, 0.5) is 0 Å². The van der Waals surface area contributed by atoms with Gasteiger partial charge < -0.3 is 4.74 Å². The summed E-state index contributed by atoms with van der Waals surface area (Å²) >= 11 is 0. The third kappa shape index (κ3) is 5.01. The summed E-state index contributed by atoms with van der Waals surface area (Å²) in [7, 11) is 0. The summed E-state index contributed by atoms with van der Waals surface area (Å²) in [6.45, 7) is 7.40. The van der Waals surface area contributed by atoms with Crippen molar-refractivity contribution < 1.29 is 14.3 Å². The summed E-state index contributed by atoms with van der Waals surface area (Å²) in [4.78, 5) is 28.5. The zero-order valence-corrected chi connectivity index (χ0v) is 14.6. The Morgan fingerprint density at radius 1 is 1.08 bits per heavy atom. The van der Waals surface area contributed by atoms with Crippen LogP contribution in [0.25, 0.3) is 11.1 Å². The number of hydrogen-bond donors (Lipinski definition) is 0. The molecule has 4 heteroatoms. The number of benzene rings is 1. The molecule has 1 aromatic heterocycles. The van der Waals surface area contributed by atoms with Gasteiger partial charge in [0, 0.05) is 17.5 Å². The molecule has 1 aromatic carbocycles. The van der Waals surface area contributed by atoms with Crippen molar-refractivity contribution in [3.63, 3.8) is 0 Å². The van der Waals surface area contributed by atoms with E-state index in [0.717, 1.165) is 23.2 Å². The van der Waals surface area contributed by atoms with Crippen molar-refractivity contribution in [2.75, 3.05) is 0 Å². The van der Waals surface area contributed by atoms with Crippen molar-refractivity contribution in [2.45, 2.75) is 46.1 Å². The maximum Gasteiger partial charge on any atom is 0.314 e. The Hall–Kier alpha value is -2.49. The minimum absolute atomic E-state index is 0.240. The molecule has 0 aliphatic heterocycles. The van der Waals surface area contributed by atoms with Gasteiger partial charge in [0.1, 0.15) is 12.0 Å². The SMILES string of the molecule is CCc1cc(-c2cccc(C(=O)CC(=O)OC(C)(C)C)c2)ccn1. The number of aromatic nitrogens is 1. The van der Waals surface area contributed by atoms with Crippen LogP contribution in [0.1, 0.15) is 50.2 Å². The first-order valence-corrected chi connectivity index (χ1v) is 8.09. The molecule has 126 valence electrons. The fraction of sp³-hybridized carbons (Fsp3) is 0.350. The number of esters is 1. The van der Waals surface area contributed by atoms with Crippen LogP contribution in [0, 0.1) is 0 Å². The number of ether oxygens (including phenoxy) is 1. The van der Waals surface area contributed by atoms with Gasteiger partial charge in [-0.15, -0.1) is 0 Å². The van der Waals surface area contributed by atoms with E-state index in [1.165, 1.54) is 0 Å². The van der Waals surface area contributed by atoms with E-state index in [0.29, 0.717) is 5.56 Å². The number of aryl methyl sites for hydroxylation is 1. The fourth-order valence-electron chi connectivity index (χ4n) is 2.33. The van der Waals surface area contributed by atoms with Crippen molar-refractivity contribution in [1.29, 1.82) is 0 Å². The summed E-state index contributed by atoms with van der Waals surface area (Å²) in [5.41, 5.74) is 2.86. The number of rotatable bonds is 5. The highest BCUT2D eigenvalue weighted by molar-refractivity contribution is 6.06. The van der Waals surface area contributed by atoms with Crippen LogP contribution in [-0.4, -0.2) is 22.3 Å². The lowest BCUT2D eigenvalue weighted by atomic mass is 10.00. The first kappa shape index (κ1) is 17.9. The second-order valence-corrected chi connectivity index (χ2v) is 6.66. The predicted molar refractivity (Wildman–Crippen MR) is 93.8 cm³/mol. The van der Waals surface area contributed by atoms with Crippen molar-refractivity contribution in [3.8, 4) is 11.1 Å². The molecule has 24 heavy (non-hydrogen) atoms. The van der Waals surface area contributed by atoms with Crippen LogP contribution in [0.15, 0.2) is 42.6 Å². The summed E-state index contributed by atoms with van der Waals surface area (Å²) in [6, 6.07) is 11.2. The number of pyridine rings is 1. The summed E-state index contributed by atoms with van der Waals surface area (Å²) < 4.78 is 5.21. The summed E-state index contributed by atoms with van der Waals surface area (Å²) in [6.07, 6.45) is 2.37. The Labute approximate surface area is 142 Å². The summed E-state index contributed by atoms with van der Waals surface area (Å²) in [5.74, 6) is -0.744. The van der Waals surface area contributed by atoms with Gasteiger partial charge in [-0.3, -0.25) is 14.6 Å². The molecule has 1 heterocycles. The highest BCUT2D eigenvalue weighted by atomic mass is 16.6. The first-order valence-electron chi connectivity index (χ1n) is 8.09. The van der Waals surface area contributed by atoms with Gasteiger partial charge in [0.2, 0.25) is 0 Å². The molecule has 0 radical (unpaired) electrons. The molecular weight excluding hydrogens is 302 g/mol. The Kier molecular flexibility index (Phi) is 5.50. The third-order valence-corrected chi connectivity index (χ3v) is 3.42. The van der Waals surface area contributed by atoms with E-state index in [-0.39, 0.29) is 12.2 Å². The molecule has 0 unspecified atom stereocenters. The van der Waals surface area contributed by atoms with Crippen molar-refractivity contribution in [1.82, 2.24) is 4.98 Å². The minimum atomic E-state index is -0.590. The molecule has 0 saturated carbocycles. The van der Waals surface area contributed by atoms with E-state index in [1.807, 2.05) is 37.3 Å². The number of Topliss-reactive ketones (excluding diaryl/α,β-unsaturated/α-hetero) is 1. The van der Waals surface area contributed by atoms with E-state index in [2.05, 4.69) is 4.98 Å². The molecule has 0 spiro atoms. The second-order valence-electron chi connectivity index (χ2n) is 6.66. The molecule has 2 rings (SSSR count). The Balaban J connectivity index is 2.17. The number of hydrogen-bond acceptors (Lipinski definition) is 4. The second kappa shape index (κ2) is 7.39. The van der Waals surface area contributed by atoms with Crippen LogP contribution in [0.3, 0.4) is 0 Å². The highest BCUT2D eigenvalue weighted by Gasteiger charge is 2.20. The normalized spacial score (nSPS) is 11.2. The van der Waals surface area contributed by atoms with Gasteiger partial charge >= 0.3 is 5.97 Å². The van der Waals surface area contributed by atoms with E-state index < -0.39 is 11.6 Å². The molecule has 0 fully saturated rings. The number of ketones is 1. The standard InChI is InChI=1S/C20H23NO3/c1-5-17-12-15(9-10-21-17)14-7-6-8-16(11-14)18(22)13-19(23)24-20(2,3)4/h6-12H,5,13H2,1-4H3. The summed E-state index contributed by atoms with van der Waals surface area (Å²) in [5, 5.41) is 0. The lowest BCUT2D eigenvalue weighted by molar-refractivity contribution is -0.153. The van der Waals surface area contributed by atoms with E-state index in [4.69, 9.17) is 4.74 Å². The van der Waals surface area contributed by atoms with E-state index in [9.17, 15) is 9.59 Å². The maximum absolute atomic E-state index is 12.3. The average molecular weight is 325 g/mol. The largest absolute Gasteiger partial charge is 0.460 e. The molecule has 0 N–H and O–H groups in total. The molecule has 0 amide bonds. The lowest BCUT2D eigenvalue weighted by Crippen LogP contribution is -2.25. The quantitative estimate of drug-likeness (QED) is 0.469. The Bertz CT molecular complexity index is 745. The van der Waals surface area contributed by atoms with Crippen molar-refractivity contribution in [2.24, 2.45) is 0 Å². The zero-order valence-electron chi connectivity index (χ0n) is 14.6. The highest BCUT2D eigenvalue weighted by Crippen LogP contribution is 2.22.